The Morgan fingerprint density at radius 3 is 2.07 bits per heavy atom. The van der Waals surface area contributed by atoms with E-state index >= 15 is 0 Å². The third-order valence-electron chi connectivity index (χ3n) is 4.42. The number of aliphatic carboxylic acids is 1. The quantitative estimate of drug-likeness (QED) is 0.109. The van der Waals surface area contributed by atoms with Gasteiger partial charge in [-0.1, -0.05) is 88.7 Å². The van der Waals surface area contributed by atoms with Crippen molar-refractivity contribution in [3.8, 4) is 6.26 Å². The maximum atomic E-state index is 10.9. The number of nitrogens with zero attached hydrogens (tertiary/aromatic N) is 1. The van der Waals surface area contributed by atoms with Crippen LogP contribution in [0.15, 0.2) is 0 Å². The van der Waals surface area contributed by atoms with E-state index in [2.05, 4.69) is 6.92 Å². The van der Waals surface area contributed by atoms with Crippen molar-refractivity contribution in [2.75, 3.05) is 12.4 Å². The number of carboxylic acid groups (broad SMARTS) is 1. The number of thioether (sulfide) groups is 2. The monoisotopic (exact) mass is 467 g/mol. The Kier molecular flexibility index (Phi) is 16.8. The molecule has 0 aromatic rings. The predicted octanol–water partition coefficient (Wildman–Crippen LogP) is 3.65. The number of aliphatic hydroxyl groups is 3. The fourth-order valence-corrected chi connectivity index (χ4v) is 5.44. The molecule has 0 radical (unpaired) electrons. The van der Waals surface area contributed by atoms with E-state index in [4.69, 9.17) is 27.3 Å². The summed E-state index contributed by atoms with van der Waals surface area (Å²) < 4.78 is 5.03. The van der Waals surface area contributed by atoms with Gasteiger partial charge < -0.3 is 25.2 Å². The fourth-order valence-electron chi connectivity index (χ4n) is 2.67. The van der Waals surface area contributed by atoms with Gasteiger partial charge in [0.05, 0.1) is 6.61 Å². The van der Waals surface area contributed by atoms with Gasteiger partial charge in [-0.2, -0.15) is 5.26 Å². The minimum absolute atomic E-state index is 0.293. The number of carbonyl (C=O) groups is 1. The van der Waals surface area contributed by atoms with Crippen LogP contribution in [0.2, 0.25) is 0 Å². The molecule has 10 heteroatoms. The number of carboxylic acids is 1. The molecule has 0 amide bonds. The number of nitriles is 1. The highest BCUT2D eigenvalue weighted by Crippen LogP contribution is 2.36. The van der Waals surface area contributed by atoms with Crippen LogP contribution in [0.25, 0.3) is 0 Å². The van der Waals surface area contributed by atoms with E-state index in [1.165, 1.54) is 63.0 Å². The molecule has 0 aromatic heterocycles. The molecular formula is C19H33NO6S3. The van der Waals surface area contributed by atoms with Gasteiger partial charge in [-0.15, -0.1) is 11.8 Å². The van der Waals surface area contributed by atoms with E-state index in [-0.39, 0.29) is 0 Å². The maximum absolute atomic E-state index is 10.9. The second-order valence-electron chi connectivity index (χ2n) is 6.77. The van der Waals surface area contributed by atoms with Crippen molar-refractivity contribution in [3.63, 3.8) is 0 Å². The maximum Gasteiger partial charge on any atom is 0.335 e. The molecule has 0 aliphatic heterocycles. The molecule has 3 unspecified atom stereocenters. The van der Waals surface area contributed by atoms with Crippen LogP contribution in [0.5, 0.6) is 0 Å². The second kappa shape index (κ2) is 17.1. The number of hydrogen-bond acceptors (Lipinski definition) is 9. The zero-order chi connectivity index (χ0) is 22.1. The number of unbranched alkanes of at least 4 members (excludes halogenated alkanes) is 9. The van der Waals surface area contributed by atoms with Crippen LogP contribution in [-0.4, -0.2) is 59.4 Å². The Hall–Kier alpha value is -0.570. The van der Waals surface area contributed by atoms with Gasteiger partial charge in [0, 0.05) is 0 Å². The summed E-state index contributed by atoms with van der Waals surface area (Å²) in [6.07, 6.45) is 9.27. The summed E-state index contributed by atoms with van der Waals surface area (Å²) in [7, 11) is 0. The summed E-state index contributed by atoms with van der Waals surface area (Å²) in [5.41, 5.74) is 0. The minimum Gasteiger partial charge on any atom is -0.479 e. The first-order chi connectivity index (χ1) is 13.8. The lowest BCUT2D eigenvalue weighted by atomic mass is 10.1. The average Bonchev–Trinajstić information content (AvgIpc) is 2.70. The highest BCUT2D eigenvalue weighted by atomic mass is 32.2. The number of hydrogen-bond donors (Lipinski definition) is 4. The summed E-state index contributed by atoms with van der Waals surface area (Å²) in [4.78, 5) is 8.84. The Labute approximate surface area is 187 Å². The van der Waals surface area contributed by atoms with Crippen LogP contribution in [-0.2, 0) is 9.53 Å². The van der Waals surface area contributed by atoms with Gasteiger partial charge in [-0.05, 0) is 12.2 Å². The van der Waals surface area contributed by atoms with Gasteiger partial charge in [0.15, 0.2) is 6.10 Å². The third-order valence-corrected chi connectivity index (χ3v) is 7.32. The van der Waals surface area contributed by atoms with Gasteiger partial charge >= 0.3 is 5.97 Å². The summed E-state index contributed by atoms with van der Waals surface area (Å²) in [5, 5.41) is 46.9. The summed E-state index contributed by atoms with van der Waals surface area (Å²) in [6, 6.07) is 0. The molecule has 0 fully saturated rings. The summed E-state index contributed by atoms with van der Waals surface area (Å²) in [5.74, 6) is -0.963. The molecule has 4 N–H and O–H groups in total. The van der Waals surface area contributed by atoms with Crippen LogP contribution in [0.1, 0.15) is 71.1 Å². The molecule has 0 aliphatic rings. The van der Waals surface area contributed by atoms with E-state index in [1.54, 1.807) is 0 Å². The van der Waals surface area contributed by atoms with Gasteiger partial charge in [-0.25, -0.2) is 4.79 Å². The molecule has 0 saturated heterocycles. The smallest absolute Gasteiger partial charge is 0.335 e. The molecular weight excluding hydrogens is 434 g/mol. The van der Waals surface area contributed by atoms with E-state index in [1.807, 2.05) is 0 Å². The number of rotatable bonds is 17. The molecule has 3 atom stereocenters. The second-order valence-corrected chi connectivity index (χ2v) is 10.4. The average molecular weight is 468 g/mol. The summed E-state index contributed by atoms with van der Waals surface area (Å²) in [6.45, 7) is 1.32. The van der Waals surface area contributed by atoms with Gasteiger partial charge in [0.25, 0.3) is 6.26 Å². The molecule has 0 bridgehead atoms. The van der Waals surface area contributed by atoms with Crippen LogP contribution < -0.4 is 0 Å². The normalized spacial score (nSPS) is 15.1. The third kappa shape index (κ3) is 12.0. The van der Waals surface area contributed by atoms with E-state index in [0.29, 0.717) is 15.3 Å². The van der Waals surface area contributed by atoms with Crippen LogP contribution >= 0.6 is 35.7 Å². The first-order valence-corrected chi connectivity index (χ1v) is 12.2. The van der Waals surface area contributed by atoms with Crippen LogP contribution in [0, 0.1) is 11.5 Å². The predicted molar refractivity (Wildman–Crippen MR) is 121 cm³/mol. The zero-order valence-corrected chi connectivity index (χ0v) is 19.4. The molecule has 7 nitrogen and oxygen atoms in total. The van der Waals surface area contributed by atoms with E-state index in [9.17, 15) is 20.1 Å². The van der Waals surface area contributed by atoms with Crippen LogP contribution in [0.3, 0.4) is 0 Å². The van der Waals surface area contributed by atoms with Crippen molar-refractivity contribution in [1.29, 1.82) is 5.26 Å². The lowest BCUT2D eigenvalue weighted by molar-refractivity contribution is -0.161. The fraction of sp³-hybridized carbons (Fsp3) is 0.842. The highest BCUT2D eigenvalue weighted by molar-refractivity contribution is 8.47. The van der Waals surface area contributed by atoms with Gasteiger partial charge in [0.2, 0.25) is 4.93 Å². The summed E-state index contributed by atoms with van der Waals surface area (Å²) >= 11 is 7.20. The molecule has 29 heavy (non-hydrogen) atoms. The van der Waals surface area contributed by atoms with Gasteiger partial charge in [0.1, 0.15) is 9.63 Å². The SMILES string of the molecule is CCCCCCCCCCCCSC(=S)SC(CO)(OC#N)C(O)C(O)C(=O)O. The van der Waals surface area contributed by atoms with Crippen molar-refractivity contribution in [2.24, 2.45) is 0 Å². The van der Waals surface area contributed by atoms with Crippen molar-refractivity contribution < 1.29 is 30.0 Å². The molecule has 168 valence electrons. The van der Waals surface area contributed by atoms with Crippen molar-refractivity contribution in [3.05, 3.63) is 0 Å². The van der Waals surface area contributed by atoms with Crippen molar-refractivity contribution in [1.82, 2.24) is 0 Å². The Bertz CT molecular complexity index is 517. The molecule has 0 rings (SSSR count). The van der Waals surface area contributed by atoms with E-state index in [0.717, 1.165) is 25.0 Å². The molecule has 0 heterocycles. The highest BCUT2D eigenvalue weighted by Gasteiger charge is 2.48. The lowest BCUT2D eigenvalue weighted by Gasteiger charge is -2.33. The lowest BCUT2D eigenvalue weighted by Crippen LogP contribution is -2.53. The van der Waals surface area contributed by atoms with Crippen molar-refractivity contribution >= 4 is 45.2 Å². The first kappa shape index (κ1) is 28.4. The molecule has 0 saturated carbocycles. The molecule has 0 aliphatic carbocycles. The first-order valence-electron chi connectivity index (χ1n) is 9.97. The number of thiocarbonyl (C=S) groups is 1. The topological polar surface area (TPSA) is 131 Å². The zero-order valence-electron chi connectivity index (χ0n) is 16.9. The molecule has 0 aromatic carbocycles. The standard InChI is InChI=1S/C19H33NO6S3/c1-2-3-4-5-6-7-8-9-10-11-12-28-18(27)29-19(13-21,26-14-20)16(23)15(22)17(24)25/h15-16,21-23H,2-13H2,1H3,(H,24,25). The van der Waals surface area contributed by atoms with E-state index < -0.39 is 29.7 Å². The molecule has 0 spiro atoms. The number of ether oxygens (including phenoxy) is 1. The Morgan fingerprint density at radius 2 is 1.62 bits per heavy atom. The Balaban J connectivity index is 4.21. The van der Waals surface area contributed by atoms with Crippen LogP contribution in [0.4, 0.5) is 0 Å². The largest absolute Gasteiger partial charge is 0.479 e. The Morgan fingerprint density at radius 1 is 1.10 bits per heavy atom. The van der Waals surface area contributed by atoms with Gasteiger partial charge in [-0.3, -0.25) is 0 Å². The number of aliphatic hydroxyl groups excluding tert-OH is 3. The minimum atomic E-state index is -2.22. The van der Waals surface area contributed by atoms with Crippen molar-refractivity contribution in [2.45, 2.75) is 88.3 Å².